The molecule has 0 spiro atoms. The Hall–Kier alpha value is -3.25. The summed E-state index contributed by atoms with van der Waals surface area (Å²) in [5.74, 6) is -0.0645. The number of quaternary nitrogens is 1. The second kappa shape index (κ2) is 11.0. The Balaban J connectivity index is 1.45. The number of rotatable bonds is 9. The van der Waals surface area contributed by atoms with Crippen molar-refractivity contribution in [3.8, 4) is 11.1 Å². The summed E-state index contributed by atoms with van der Waals surface area (Å²) in [5.41, 5.74) is 8.61. The summed E-state index contributed by atoms with van der Waals surface area (Å²) in [6.45, 7) is 4.12. The number of fused-ring (bicyclic) bond motifs is 1. The van der Waals surface area contributed by atoms with Crippen LogP contribution in [0.5, 0.6) is 0 Å². The number of hydrogen-bond donors (Lipinski definition) is 3. The molecule has 0 bridgehead atoms. The number of nitrogens with one attached hydrogen (secondary N) is 1. The minimum Gasteiger partial charge on any atom is -0.391 e. The van der Waals surface area contributed by atoms with Gasteiger partial charge in [0.1, 0.15) is 19.6 Å². The number of nitrogens with zero attached hydrogens (tertiary/aromatic N) is 1. The molecule has 35 heavy (non-hydrogen) atoms. The Kier molecular flexibility index (Phi) is 7.81. The molecule has 0 aliphatic heterocycles. The molecule has 3 aromatic rings. The van der Waals surface area contributed by atoms with Gasteiger partial charge in [0.25, 0.3) is 5.91 Å². The fraction of sp³-hybridized carbons (Fsp3) is 0.300. The fourth-order valence-corrected chi connectivity index (χ4v) is 4.69. The van der Waals surface area contributed by atoms with E-state index >= 15 is 0 Å². The second-order valence-electron chi connectivity index (χ2n) is 9.77. The van der Waals surface area contributed by atoms with Gasteiger partial charge < -0.3 is 20.0 Å². The molecule has 182 valence electrons. The van der Waals surface area contributed by atoms with Crippen molar-refractivity contribution < 1.29 is 19.5 Å². The third-order valence-electron chi connectivity index (χ3n) is 6.87. The second-order valence-corrected chi connectivity index (χ2v) is 9.77. The van der Waals surface area contributed by atoms with Crippen LogP contribution in [0.25, 0.3) is 17.2 Å². The SMILES string of the molecule is Cc1ccc(-c2ccc3c(c2)C=C(C(=O)Nc2ccc(C[N+](C)(CCO)CCO)cc2)CC3)cc1. The molecule has 0 heterocycles. The fourth-order valence-electron chi connectivity index (χ4n) is 4.69. The van der Waals surface area contributed by atoms with Crippen molar-refractivity contribution >= 4 is 17.7 Å². The highest BCUT2D eigenvalue weighted by Crippen LogP contribution is 2.30. The number of likely N-dealkylation sites (N-methyl/N-ethyl adjacent to an activating group) is 1. The van der Waals surface area contributed by atoms with Crippen molar-refractivity contribution in [2.45, 2.75) is 26.3 Å². The monoisotopic (exact) mass is 471 g/mol. The van der Waals surface area contributed by atoms with Crippen molar-refractivity contribution in [1.29, 1.82) is 0 Å². The Labute approximate surface area is 207 Å². The minimum atomic E-state index is -0.0645. The molecule has 0 saturated carbocycles. The first-order chi connectivity index (χ1) is 16.9. The molecule has 5 nitrogen and oxygen atoms in total. The van der Waals surface area contributed by atoms with Gasteiger partial charge in [0.15, 0.2) is 0 Å². The van der Waals surface area contributed by atoms with Crippen LogP contribution in [-0.4, -0.2) is 54.0 Å². The maximum absolute atomic E-state index is 13.0. The van der Waals surface area contributed by atoms with Gasteiger partial charge in [-0.3, -0.25) is 4.79 Å². The Bertz CT molecular complexity index is 1190. The topological polar surface area (TPSA) is 69.6 Å². The molecule has 1 aliphatic carbocycles. The maximum Gasteiger partial charge on any atom is 0.251 e. The van der Waals surface area contributed by atoms with E-state index in [0.29, 0.717) is 24.1 Å². The van der Waals surface area contributed by atoms with E-state index in [2.05, 4.69) is 54.7 Å². The van der Waals surface area contributed by atoms with Crippen LogP contribution in [0.4, 0.5) is 5.69 Å². The maximum atomic E-state index is 13.0. The summed E-state index contributed by atoms with van der Waals surface area (Å²) in [7, 11) is 2.03. The van der Waals surface area contributed by atoms with Crippen molar-refractivity contribution in [3.63, 3.8) is 0 Å². The van der Waals surface area contributed by atoms with Crippen LogP contribution >= 0.6 is 0 Å². The van der Waals surface area contributed by atoms with Gasteiger partial charge in [-0.1, -0.05) is 54.1 Å². The molecule has 3 aromatic carbocycles. The van der Waals surface area contributed by atoms with Gasteiger partial charge in [-0.15, -0.1) is 0 Å². The highest BCUT2D eigenvalue weighted by molar-refractivity contribution is 6.07. The third-order valence-corrected chi connectivity index (χ3v) is 6.87. The number of hydrogen-bond acceptors (Lipinski definition) is 3. The van der Waals surface area contributed by atoms with Crippen LogP contribution < -0.4 is 5.32 Å². The normalized spacial score (nSPS) is 13.2. The summed E-state index contributed by atoms with van der Waals surface area (Å²) >= 11 is 0. The van der Waals surface area contributed by atoms with Gasteiger partial charge in [-0.25, -0.2) is 0 Å². The van der Waals surface area contributed by atoms with Crippen LogP contribution in [0.2, 0.25) is 0 Å². The lowest BCUT2D eigenvalue weighted by molar-refractivity contribution is -0.923. The van der Waals surface area contributed by atoms with E-state index < -0.39 is 0 Å². The molecule has 0 fully saturated rings. The summed E-state index contributed by atoms with van der Waals surface area (Å²) in [4.78, 5) is 13.0. The van der Waals surface area contributed by atoms with Crippen molar-refractivity contribution in [2.24, 2.45) is 0 Å². The zero-order chi connectivity index (χ0) is 24.8. The van der Waals surface area contributed by atoms with Crippen molar-refractivity contribution in [1.82, 2.24) is 0 Å². The first-order valence-corrected chi connectivity index (χ1v) is 12.3. The number of aryl methyl sites for hydroxylation is 2. The van der Waals surface area contributed by atoms with Gasteiger partial charge in [0.2, 0.25) is 0 Å². The largest absolute Gasteiger partial charge is 0.391 e. The van der Waals surface area contributed by atoms with E-state index in [1.807, 2.05) is 37.4 Å². The summed E-state index contributed by atoms with van der Waals surface area (Å²) in [6.07, 6.45) is 3.60. The molecule has 0 aromatic heterocycles. The molecule has 3 N–H and O–H groups in total. The van der Waals surface area contributed by atoms with Gasteiger partial charge in [-0.05, 0) is 66.3 Å². The third kappa shape index (κ3) is 6.25. The molecule has 0 unspecified atom stereocenters. The number of anilines is 1. The molecular formula is C30H35N2O3+. The Morgan fingerprint density at radius 3 is 2.20 bits per heavy atom. The van der Waals surface area contributed by atoms with Crippen LogP contribution in [0.15, 0.2) is 72.3 Å². The number of benzene rings is 3. The number of amides is 1. The summed E-state index contributed by atoms with van der Waals surface area (Å²) < 4.78 is 0.565. The predicted molar refractivity (Wildman–Crippen MR) is 142 cm³/mol. The number of carbonyl (C=O) groups is 1. The lowest BCUT2D eigenvalue weighted by Gasteiger charge is -2.33. The molecule has 4 rings (SSSR count). The van der Waals surface area contributed by atoms with Gasteiger partial charge in [0.05, 0.1) is 20.3 Å². The highest BCUT2D eigenvalue weighted by Gasteiger charge is 2.21. The summed E-state index contributed by atoms with van der Waals surface area (Å²) in [6, 6.07) is 22.9. The molecule has 1 amide bonds. The average Bonchev–Trinajstić information content (AvgIpc) is 2.85. The Morgan fingerprint density at radius 2 is 1.54 bits per heavy atom. The molecule has 5 heteroatoms. The molecule has 0 saturated heterocycles. The van der Waals surface area contributed by atoms with E-state index in [1.165, 1.54) is 16.7 Å². The first kappa shape index (κ1) is 24.9. The molecule has 0 atom stereocenters. The first-order valence-electron chi connectivity index (χ1n) is 12.3. The predicted octanol–water partition coefficient (Wildman–Crippen LogP) is 4.56. The zero-order valence-corrected chi connectivity index (χ0v) is 20.6. The quantitative estimate of drug-likeness (QED) is 0.401. The molecule has 0 radical (unpaired) electrons. The van der Waals surface area contributed by atoms with Crippen LogP contribution in [0.1, 0.15) is 28.7 Å². The number of carbonyl (C=O) groups excluding carboxylic acids is 1. The van der Waals surface area contributed by atoms with Crippen LogP contribution in [0.3, 0.4) is 0 Å². The average molecular weight is 472 g/mol. The smallest absolute Gasteiger partial charge is 0.251 e. The number of aliphatic hydroxyl groups is 2. The van der Waals surface area contributed by atoms with E-state index in [4.69, 9.17) is 0 Å². The zero-order valence-electron chi connectivity index (χ0n) is 20.6. The van der Waals surface area contributed by atoms with Crippen LogP contribution in [0, 0.1) is 6.92 Å². The van der Waals surface area contributed by atoms with E-state index in [-0.39, 0.29) is 19.1 Å². The standard InChI is InChI=1S/C30H34N2O3/c1-22-3-7-24(8-4-22)26-11-9-25-10-12-27(20-28(25)19-26)30(35)31-29-13-5-23(6-14-29)21-32(2,15-17-33)16-18-34/h3-9,11,13-14,19-20,33-34H,10,12,15-18,21H2,1-2H3/p+1. The van der Waals surface area contributed by atoms with Gasteiger partial charge in [-0.2, -0.15) is 0 Å². The molecular weight excluding hydrogens is 436 g/mol. The van der Waals surface area contributed by atoms with Crippen molar-refractivity contribution in [2.75, 3.05) is 38.7 Å². The van der Waals surface area contributed by atoms with E-state index in [0.717, 1.165) is 40.8 Å². The lowest BCUT2D eigenvalue weighted by Crippen LogP contribution is -2.47. The summed E-state index contributed by atoms with van der Waals surface area (Å²) in [5, 5.41) is 21.8. The van der Waals surface area contributed by atoms with Gasteiger partial charge in [0, 0.05) is 16.8 Å². The Morgan fingerprint density at radius 1 is 0.886 bits per heavy atom. The molecule has 1 aliphatic rings. The number of aliphatic hydroxyl groups excluding tert-OH is 2. The minimum absolute atomic E-state index is 0.0645. The van der Waals surface area contributed by atoms with Gasteiger partial charge >= 0.3 is 0 Å². The van der Waals surface area contributed by atoms with Crippen LogP contribution in [-0.2, 0) is 17.8 Å². The van der Waals surface area contributed by atoms with E-state index in [1.54, 1.807) is 0 Å². The highest BCUT2D eigenvalue weighted by atomic mass is 16.3. The van der Waals surface area contributed by atoms with Crippen molar-refractivity contribution in [3.05, 3.63) is 94.6 Å². The lowest BCUT2D eigenvalue weighted by atomic mass is 9.89. The van der Waals surface area contributed by atoms with E-state index in [9.17, 15) is 15.0 Å².